The molecule has 0 radical (unpaired) electrons. The second-order valence-corrected chi connectivity index (χ2v) is 6.55. The number of rotatable bonds is 6. The van der Waals surface area contributed by atoms with Crippen molar-refractivity contribution in [2.45, 2.75) is 52.5 Å². The van der Waals surface area contributed by atoms with E-state index in [4.69, 9.17) is 4.42 Å². The fraction of sp³-hybridized carbons (Fsp3) is 0.400. The van der Waals surface area contributed by atoms with Crippen LogP contribution < -0.4 is 5.69 Å². The standard InChI is InChI=1S/C20H24N2O2/c1-4-5-6-7-15-8-10-16(11-9-15)18-12-17-13-22(14(2)3)20(23)21-19(17)24-18/h8-14H,4-7H2,1-3H3. The molecule has 2 heterocycles. The van der Waals surface area contributed by atoms with Crippen molar-refractivity contribution < 1.29 is 4.42 Å². The summed E-state index contributed by atoms with van der Waals surface area (Å²) in [5, 5.41) is 0.852. The molecule has 3 rings (SSSR count). The summed E-state index contributed by atoms with van der Waals surface area (Å²) in [6, 6.07) is 10.5. The molecule has 1 aromatic carbocycles. The average Bonchev–Trinajstić information content (AvgIpc) is 2.97. The average molecular weight is 324 g/mol. The van der Waals surface area contributed by atoms with E-state index in [2.05, 4.69) is 36.2 Å². The fourth-order valence-electron chi connectivity index (χ4n) is 2.85. The fourth-order valence-corrected chi connectivity index (χ4v) is 2.85. The number of unbranched alkanes of at least 4 members (excludes halogenated alkanes) is 2. The van der Waals surface area contributed by atoms with E-state index in [1.54, 1.807) is 4.57 Å². The number of aromatic nitrogens is 2. The highest BCUT2D eigenvalue weighted by molar-refractivity contribution is 5.79. The van der Waals surface area contributed by atoms with Crippen molar-refractivity contribution in [3.8, 4) is 11.3 Å². The van der Waals surface area contributed by atoms with Gasteiger partial charge in [-0.1, -0.05) is 44.0 Å². The topological polar surface area (TPSA) is 48.0 Å². The Bertz CT molecular complexity index is 873. The summed E-state index contributed by atoms with van der Waals surface area (Å²) in [5.74, 6) is 0.749. The Kier molecular flexibility index (Phi) is 4.84. The molecule has 0 bridgehead atoms. The summed E-state index contributed by atoms with van der Waals surface area (Å²) in [6.07, 6.45) is 6.67. The highest BCUT2D eigenvalue weighted by Crippen LogP contribution is 2.26. The summed E-state index contributed by atoms with van der Waals surface area (Å²) in [7, 11) is 0. The normalized spacial score (nSPS) is 11.5. The number of hydrogen-bond acceptors (Lipinski definition) is 3. The van der Waals surface area contributed by atoms with Crippen LogP contribution in [0.2, 0.25) is 0 Å². The molecule has 0 atom stereocenters. The molecule has 2 aromatic heterocycles. The second-order valence-electron chi connectivity index (χ2n) is 6.55. The molecule has 4 heteroatoms. The lowest BCUT2D eigenvalue weighted by Gasteiger charge is -2.07. The van der Waals surface area contributed by atoms with Crippen LogP contribution in [0, 0.1) is 0 Å². The van der Waals surface area contributed by atoms with Crippen molar-refractivity contribution >= 4 is 11.1 Å². The van der Waals surface area contributed by atoms with Crippen LogP contribution >= 0.6 is 0 Å². The van der Waals surface area contributed by atoms with Crippen LogP contribution in [-0.2, 0) is 6.42 Å². The lowest BCUT2D eigenvalue weighted by molar-refractivity contribution is 0.557. The van der Waals surface area contributed by atoms with Gasteiger partial charge in [0.15, 0.2) is 0 Å². The zero-order valence-electron chi connectivity index (χ0n) is 14.6. The van der Waals surface area contributed by atoms with Gasteiger partial charge in [-0.25, -0.2) is 4.79 Å². The van der Waals surface area contributed by atoms with E-state index in [-0.39, 0.29) is 11.7 Å². The zero-order valence-corrected chi connectivity index (χ0v) is 14.6. The van der Waals surface area contributed by atoms with Crippen molar-refractivity contribution in [1.29, 1.82) is 0 Å². The molecule has 0 saturated carbocycles. The van der Waals surface area contributed by atoms with Crippen LogP contribution in [0.4, 0.5) is 0 Å². The summed E-state index contributed by atoms with van der Waals surface area (Å²) in [4.78, 5) is 16.0. The van der Waals surface area contributed by atoms with Crippen molar-refractivity contribution in [1.82, 2.24) is 9.55 Å². The minimum absolute atomic E-state index is 0.0788. The molecular weight excluding hydrogens is 300 g/mol. The molecule has 3 aromatic rings. The largest absolute Gasteiger partial charge is 0.437 e. The van der Waals surface area contributed by atoms with Crippen LogP contribution in [-0.4, -0.2) is 9.55 Å². The number of nitrogens with zero attached hydrogens (tertiary/aromatic N) is 2. The summed E-state index contributed by atoms with van der Waals surface area (Å²) in [5.41, 5.74) is 2.49. The van der Waals surface area contributed by atoms with Gasteiger partial charge in [0, 0.05) is 17.8 Å². The van der Waals surface area contributed by atoms with Crippen LogP contribution in [0.15, 0.2) is 45.7 Å². The van der Waals surface area contributed by atoms with Gasteiger partial charge in [-0.05, 0) is 38.3 Å². The molecule has 0 N–H and O–H groups in total. The molecule has 4 nitrogen and oxygen atoms in total. The maximum Gasteiger partial charge on any atom is 0.351 e. The van der Waals surface area contributed by atoms with Gasteiger partial charge in [0.05, 0.1) is 5.39 Å². The molecule has 0 aliphatic carbocycles. The Morgan fingerprint density at radius 1 is 1.17 bits per heavy atom. The molecule has 126 valence electrons. The van der Waals surface area contributed by atoms with Crippen molar-refractivity contribution in [3.63, 3.8) is 0 Å². The van der Waals surface area contributed by atoms with Gasteiger partial charge < -0.3 is 4.42 Å². The predicted molar refractivity (Wildman–Crippen MR) is 97.3 cm³/mol. The van der Waals surface area contributed by atoms with E-state index in [0.29, 0.717) is 5.71 Å². The Hall–Kier alpha value is -2.36. The molecule has 0 aliphatic heterocycles. The van der Waals surface area contributed by atoms with Crippen LogP contribution in [0.3, 0.4) is 0 Å². The third kappa shape index (κ3) is 3.42. The van der Waals surface area contributed by atoms with Gasteiger partial charge in [-0.2, -0.15) is 4.98 Å². The number of furan rings is 1. The molecule has 0 fully saturated rings. The summed E-state index contributed by atoms with van der Waals surface area (Å²) < 4.78 is 7.41. The van der Waals surface area contributed by atoms with Gasteiger partial charge in [0.1, 0.15) is 5.76 Å². The molecule has 0 saturated heterocycles. The molecule has 0 amide bonds. The van der Waals surface area contributed by atoms with Crippen molar-refractivity contribution in [2.24, 2.45) is 0 Å². The van der Waals surface area contributed by atoms with E-state index in [1.807, 2.05) is 26.1 Å². The van der Waals surface area contributed by atoms with Crippen molar-refractivity contribution in [3.05, 3.63) is 52.6 Å². The quantitative estimate of drug-likeness (QED) is 0.601. The van der Waals surface area contributed by atoms with E-state index in [1.165, 1.54) is 24.8 Å². The number of fused-ring (bicyclic) bond motifs is 1. The third-order valence-electron chi connectivity index (χ3n) is 4.30. The first-order chi connectivity index (χ1) is 11.6. The Balaban J connectivity index is 1.88. The SMILES string of the molecule is CCCCCc1ccc(-c2cc3cn(C(C)C)c(=O)nc3o2)cc1. The first kappa shape index (κ1) is 16.5. The van der Waals surface area contributed by atoms with E-state index in [9.17, 15) is 4.79 Å². The maximum atomic E-state index is 12.0. The number of aryl methyl sites for hydroxylation is 1. The van der Waals surface area contributed by atoms with Gasteiger partial charge in [-0.3, -0.25) is 4.57 Å². The number of hydrogen-bond donors (Lipinski definition) is 0. The van der Waals surface area contributed by atoms with Crippen LogP contribution in [0.25, 0.3) is 22.4 Å². The molecule has 0 spiro atoms. The lowest BCUT2D eigenvalue weighted by atomic mass is 10.0. The first-order valence-corrected chi connectivity index (χ1v) is 8.70. The summed E-state index contributed by atoms with van der Waals surface area (Å²) >= 11 is 0. The predicted octanol–water partition coefficient (Wildman–Crippen LogP) is 4.97. The Labute approximate surface area is 142 Å². The molecular formula is C20H24N2O2. The Morgan fingerprint density at radius 2 is 1.92 bits per heavy atom. The molecule has 0 aliphatic rings. The highest BCUT2D eigenvalue weighted by atomic mass is 16.3. The second kappa shape index (κ2) is 7.04. The highest BCUT2D eigenvalue weighted by Gasteiger charge is 2.11. The minimum atomic E-state index is -0.273. The van der Waals surface area contributed by atoms with E-state index >= 15 is 0 Å². The van der Waals surface area contributed by atoms with Gasteiger partial charge in [0.25, 0.3) is 0 Å². The monoisotopic (exact) mass is 324 g/mol. The van der Waals surface area contributed by atoms with E-state index in [0.717, 1.165) is 23.1 Å². The van der Waals surface area contributed by atoms with Gasteiger partial charge >= 0.3 is 5.69 Å². The lowest BCUT2D eigenvalue weighted by Crippen LogP contribution is -2.23. The van der Waals surface area contributed by atoms with Gasteiger partial charge in [0.2, 0.25) is 5.71 Å². The van der Waals surface area contributed by atoms with Crippen LogP contribution in [0.5, 0.6) is 0 Å². The molecule has 0 unspecified atom stereocenters. The Morgan fingerprint density at radius 3 is 2.58 bits per heavy atom. The van der Waals surface area contributed by atoms with E-state index < -0.39 is 0 Å². The first-order valence-electron chi connectivity index (χ1n) is 8.70. The smallest absolute Gasteiger partial charge is 0.351 e. The van der Waals surface area contributed by atoms with Gasteiger partial charge in [-0.15, -0.1) is 0 Å². The summed E-state index contributed by atoms with van der Waals surface area (Å²) in [6.45, 7) is 6.15. The maximum absolute atomic E-state index is 12.0. The van der Waals surface area contributed by atoms with Crippen molar-refractivity contribution in [2.75, 3.05) is 0 Å². The van der Waals surface area contributed by atoms with Crippen LogP contribution in [0.1, 0.15) is 51.6 Å². The zero-order chi connectivity index (χ0) is 17.1. The number of benzene rings is 1. The third-order valence-corrected chi connectivity index (χ3v) is 4.30. The molecule has 24 heavy (non-hydrogen) atoms. The minimum Gasteiger partial charge on any atom is -0.437 e.